The minimum absolute atomic E-state index is 0.128. The van der Waals surface area contributed by atoms with E-state index in [1.807, 2.05) is 12.1 Å². The highest BCUT2D eigenvalue weighted by Gasteiger charge is 2.15. The number of hydrogen-bond donors (Lipinski definition) is 2. The molecule has 7 heteroatoms. The van der Waals surface area contributed by atoms with Gasteiger partial charge in [0.1, 0.15) is 9.84 Å². The Morgan fingerprint density at radius 2 is 1.90 bits per heavy atom. The molecular formula is C14H24N2O4S. The maximum atomic E-state index is 11.5. The van der Waals surface area contributed by atoms with E-state index in [-0.39, 0.29) is 17.5 Å². The summed E-state index contributed by atoms with van der Waals surface area (Å²) < 4.78 is 33.4. The van der Waals surface area contributed by atoms with Gasteiger partial charge >= 0.3 is 0 Å². The molecule has 0 aliphatic carbocycles. The lowest BCUT2D eigenvalue weighted by Gasteiger charge is -2.18. The highest BCUT2D eigenvalue weighted by molar-refractivity contribution is 7.91. The van der Waals surface area contributed by atoms with E-state index in [1.54, 1.807) is 27.2 Å². The lowest BCUT2D eigenvalue weighted by atomic mass is 10.0. The molecule has 0 aliphatic rings. The van der Waals surface area contributed by atoms with E-state index in [9.17, 15) is 8.42 Å². The zero-order valence-electron chi connectivity index (χ0n) is 12.8. The SMILES string of the molecule is CCS(=O)(=O)CCCC(NN)c1ccc(OC)c(OC)c1. The number of ether oxygens (including phenoxy) is 2. The molecule has 0 radical (unpaired) electrons. The van der Waals surface area contributed by atoms with Gasteiger partial charge in [-0.05, 0) is 30.5 Å². The molecule has 1 aromatic rings. The number of benzene rings is 1. The predicted octanol–water partition coefficient (Wildman–Crippen LogP) is 1.42. The third-order valence-corrected chi connectivity index (χ3v) is 5.19. The molecule has 0 aromatic heterocycles. The number of methoxy groups -OCH3 is 2. The number of hydrogen-bond acceptors (Lipinski definition) is 6. The van der Waals surface area contributed by atoms with Crippen LogP contribution in [0.5, 0.6) is 11.5 Å². The summed E-state index contributed by atoms with van der Waals surface area (Å²) in [5.41, 5.74) is 3.65. The Morgan fingerprint density at radius 3 is 2.43 bits per heavy atom. The van der Waals surface area contributed by atoms with Crippen molar-refractivity contribution in [3.05, 3.63) is 23.8 Å². The number of hydrazine groups is 1. The fourth-order valence-electron chi connectivity index (χ4n) is 2.07. The van der Waals surface area contributed by atoms with Crippen LogP contribution in [-0.4, -0.2) is 34.1 Å². The molecular weight excluding hydrogens is 292 g/mol. The molecule has 0 fully saturated rings. The number of nitrogens with two attached hydrogens (primary N) is 1. The van der Waals surface area contributed by atoms with Crippen LogP contribution in [0.1, 0.15) is 31.4 Å². The lowest BCUT2D eigenvalue weighted by Crippen LogP contribution is -2.28. The van der Waals surface area contributed by atoms with Crippen LogP contribution in [0.25, 0.3) is 0 Å². The quantitative estimate of drug-likeness (QED) is 0.529. The average Bonchev–Trinajstić information content (AvgIpc) is 2.51. The molecule has 1 rings (SSSR count). The Morgan fingerprint density at radius 1 is 1.24 bits per heavy atom. The van der Waals surface area contributed by atoms with Gasteiger partial charge in [-0.2, -0.15) is 0 Å². The Labute approximate surface area is 126 Å². The van der Waals surface area contributed by atoms with E-state index in [4.69, 9.17) is 15.3 Å². The standard InChI is InChI=1S/C14H24N2O4S/c1-4-21(17,18)9-5-6-12(16-15)11-7-8-13(19-2)14(10-11)20-3/h7-8,10,12,16H,4-6,9,15H2,1-3H3. The van der Waals surface area contributed by atoms with Crippen LogP contribution < -0.4 is 20.7 Å². The first-order chi connectivity index (χ1) is 9.97. The molecule has 0 saturated heterocycles. The van der Waals surface area contributed by atoms with Gasteiger partial charge in [-0.15, -0.1) is 0 Å². The molecule has 0 heterocycles. The maximum Gasteiger partial charge on any atom is 0.161 e. The third kappa shape index (κ3) is 5.18. The molecule has 3 N–H and O–H groups in total. The summed E-state index contributed by atoms with van der Waals surface area (Å²) in [5.74, 6) is 7.19. The first kappa shape index (κ1) is 17.7. The van der Waals surface area contributed by atoms with E-state index in [0.29, 0.717) is 24.3 Å². The van der Waals surface area contributed by atoms with Gasteiger partial charge in [0.15, 0.2) is 11.5 Å². The molecule has 1 atom stereocenters. The van der Waals surface area contributed by atoms with Crippen molar-refractivity contribution in [1.82, 2.24) is 5.43 Å². The zero-order valence-corrected chi connectivity index (χ0v) is 13.6. The first-order valence-corrected chi connectivity index (χ1v) is 8.68. The lowest BCUT2D eigenvalue weighted by molar-refractivity contribution is 0.353. The fourth-order valence-corrected chi connectivity index (χ4v) is 2.96. The molecule has 1 unspecified atom stereocenters. The second-order valence-electron chi connectivity index (χ2n) is 4.71. The summed E-state index contributed by atoms with van der Waals surface area (Å²) in [6.45, 7) is 1.66. The molecule has 21 heavy (non-hydrogen) atoms. The van der Waals surface area contributed by atoms with Gasteiger partial charge in [0, 0.05) is 11.8 Å². The highest BCUT2D eigenvalue weighted by atomic mass is 32.2. The second-order valence-corrected chi connectivity index (χ2v) is 7.19. The number of rotatable bonds is 9. The van der Waals surface area contributed by atoms with Gasteiger partial charge in [-0.1, -0.05) is 13.0 Å². The fraction of sp³-hybridized carbons (Fsp3) is 0.571. The Hall–Kier alpha value is -1.31. The molecule has 120 valence electrons. The zero-order chi connectivity index (χ0) is 15.9. The molecule has 0 bridgehead atoms. The van der Waals surface area contributed by atoms with Crippen molar-refractivity contribution in [2.45, 2.75) is 25.8 Å². The van der Waals surface area contributed by atoms with E-state index in [0.717, 1.165) is 5.56 Å². The van der Waals surface area contributed by atoms with Gasteiger partial charge in [-0.3, -0.25) is 11.3 Å². The monoisotopic (exact) mass is 316 g/mol. The second kappa shape index (κ2) is 8.21. The summed E-state index contributed by atoms with van der Waals surface area (Å²) in [6.07, 6.45) is 1.19. The summed E-state index contributed by atoms with van der Waals surface area (Å²) in [7, 11) is 0.203. The first-order valence-electron chi connectivity index (χ1n) is 6.85. The van der Waals surface area contributed by atoms with Crippen LogP contribution in [0, 0.1) is 0 Å². The molecule has 0 aliphatic heterocycles. The minimum atomic E-state index is -2.94. The summed E-state index contributed by atoms with van der Waals surface area (Å²) in [4.78, 5) is 0. The largest absolute Gasteiger partial charge is 0.493 e. The van der Waals surface area contributed by atoms with E-state index in [1.165, 1.54) is 0 Å². The van der Waals surface area contributed by atoms with Crippen LogP contribution >= 0.6 is 0 Å². The minimum Gasteiger partial charge on any atom is -0.493 e. The van der Waals surface area contributed by atoms with Crippen molar-refractivity contribution in [1.29, 1.82) is 0 Å². The van der Waals surface area contributed by atoms with Crippen molar-refractivity contribution in [3.63, 3.8) is 0 Å². The van der Waals surface area contributed by atoms with E-state index < -0.39 is 9.84 Å². The molecule has 0 amide bonds. The van der Waals surface area contributed by atoms with Gasteiger partial charge < -0.3 is 9.47 Å². The maximum absolute atomic E-state index is 11.5. The highest BCUT2D eigenvalue weighted by Crippen LogP contribution is 2.31. The molecule has 0 spiro atoms. The van der Waals surface area contributed by atoms with Gasteiger partial charge in [-0.25, -0.2) is 8.42 Å². The Bertz CT molecular complexity index is 546. The van der Waals surface area contributed by atoms with Gasteiger partial charge in [0.05, 0.1) is 20.0 Å². The normalized spacial score (nSPS) is 13.0. The van der Waals surface area contributed by atoms with Crippen LogP contribution in [-0.2, 0) is 9.84 Å². The van der Waals surface area contributed by atoms with Crippen LogP contribution in [0.4, 0.5) is 0 Å². The summed E-state index contributed by atoms with van der Waals surface area (Å²) in [6, 6.07) is 5.41. The van der Waals surface area contributed by atoms with Crippen molar-refractivity contribution < 1.29 is 17.9 Å². The number of nitrogens with one attached hydrogen (secondary N) is 1. The Kier molecular flexibility index (Phi) is 6.94. The summed E-state index contributed by atoms with van der Waals surface area (Å²) in [5, 5.41) is 0. The van der Waals surface area contributed by atoms with Crippen molar-refractivity contribution in [2.24, 2.45) is 5.84 Å². The van der Waals surface area contributed by atoms with Gasteiger partial charge in [0.2, 0.25) is 0 Å². The van der Waals surface area contributed by atoms with Crippen molar-refractivity contribution in [2.75, 3.05) is 25.7 Å². The van der Waals surface area contributed by atoms with Crippen molar-refractivity contribution >= 4 is 9.84 Å². The Balaban J connectivity index is 2.76. The molecule has 1 aromatic carbocycles. The van der Waals surface area contributed by atoms with Gasteiger partial charge in [0.25, 0.3) is 0 Å². The molecule has 0 saturated carbocycles. The van der Waals surface area contributed by atoms with E-state index >= 15 is 0 Å². The van der Waals surface area contributed by atoms with Crippen LogP contribution in [0.15, 0.2) is 18.2 Å². The number of sulfone groups is 1. The predicted molar refractivity (Wildman–Crippen MR) is 83.2 cm³/mol. The summed E-state index contributed by atoms with van der Waals surface area (Å²) >= 11 is 0. The van der Waals surface area contributed by atoms with Crippen molar-refractivity contribution in [3.8, 4) is 11.5 Å². The average molecular weight is 316 g/mol. The van der Waals surface area contributed by atoms with Crippen LogP contribution in [0.2, 0.25) is 0 Å². The van der Waals surface area contributed by atoms with E-state index in [2.05, 4.69) is 5.43 Å². The van der Waals surface area contributed by atoms with Crippen LogP contribution in [0.3, 0.4) is 0 Å². The molecule has 6 nitrogen and oxygen atoms in total. The topological polar surface area (TPSA) is 90.7 Å². The third-order valence-electron chi connectivity index (χ3n) is 3.40. The smallest absolute Gasteiger partial charge is 0.161 e.